The second kappa shape index (κ2) is 6.39. The highest BCUT2D eigenvalue weighted by Gasteiger charge is 2.32. The number of amides is 1. The monoisotopic (exact) mass is 293 g/mol. The molecule has 1 aliphatic heterocycles. The van der Waals surface area contributed by atoms with Gasteiger partial charge in [0.2, 0.25) is 5.91 Å². The van der Waals surface area contributed by atoms with Crippen LogP contribution in [0, 0.1) is 5.82 Å². The predicted molar refractivity (Wildman–Crippen MR) is 74.4 cm³/mol. The van der Waals surface area contributed by atoms with E-state index in [0.717, 1.165) is 0 Å². The molecule has 0 saturated carbocycles. The lowest BCUT2D eigenvalue weighted by atomic mass is 10.2. The van der Waals surface area contributed by atoms with Gasteiger partial charge in [0.15, 0.2) is 11.6 Å². The standard InChI is InChI=1S/C15H16FNO4/c1-21-13-6-4-10(9-11(13)16)5-7-14(18)17-8-2-3-12(17)15(19)20/h4-7,9,12H,2-3,8H2,1H3,(H,19,20)/b7-5-/t12-/m1/s1. The number of carbonyl (C=O) groups excluding carboxylic acids is 1. The Morgan fingerprint density at radius 1 is 1.48 bits per heavy atom. The fourth-order valence-corrected chi connectivity index (χ4v) is 2.34. The maximum atomic E-state index is 13.5. The normalized spacial score (nSPS) is 18.2. The molecule has 1 saturated heterocycles. The van der Waals surface area contributed by atoms with E-state index in [2.05, 4.69) is 0 Å². The first-order valence-electron chi connectivity index (χ1n) is 6.58. The zero-order chi connectivity index (χ0) is 15.4. The summed E-state index contributed by atoms with van der Waals surface area (Å²) in [5.41, 5.74) is 0.507. The Bertz CT molecular complexity index is 585. The quantitative estimate of drug-likeness (QED) is 0.861. The van der Waals surface area contributed by atoms with Crippen LogP contribution in [0.1, 0.15) is 18.4 Å². The number of benzene rings is 1. The van der Waals surface area contributed by atoms with Crippen LogP contribution in [0.25, 0.3) is 6.08 Å². The molecule has 0 unspecified atom stereocenters. The molecule has 21 heavy (non-hydrogen) atoms. The summed E-state index contributed by atoms with van der Waals surface area (Å²) in [6.07, 6.45) is 3.87. The van der Waals surface area contributed by atoms with Crippen LogP contribution < -0.4 is 4.74 Å². The number of hydrogen-bond donors (Lipinski definition) is 1. The topological polar surface area (TPSA) is 66.8 Å². The van der Waals surface area contributed by atoms with Gasteiger partial charge in [-0.05, 0) is 36.6 Å². The number of hydrogen-bond acceptors (Lipinski definition) is 3. The molecule has 0 radical (unpaired) electrons. The van der Waals surface area contributed by atoms with Crippen LogP contribution in [-0.4, -0.2) is 41.6 Å². The number of halogens is 1. The van der Waals surface area contributed by atoms with Gasteiger partial charge < -0.3 is 14.7 Å². The van der Waals surface area contributed by atoms with Gasteiger partial charge in [-0.15, -0.1) is 0 Å². The molecule has 112 valence electrons. The summed E-state index contributed by atoms with van der Waals surface area (Å²) in [6.45, 7) is 0.428. The molecule has 1 fully saturated rings. The number of nitrogens with zero attached hydrogens (tertiary/aromatic N) is 1. The lowest BCUT2D eigenvalue weighted by Crippen LogP contribution is -2.39. The molecule has 6 heteroatoms. The minimum absolute atomic E-state index is 0.129. The van der Waals surface area contributed by atoms with E-state index in [4.69, 9.17) is 9.84 Å². The number of ether oxygens (including phenoxy) is 1. The van der Waals surface area contributed by atoms with Crippen LogP contribution in [0.5, 0.6) is 5.75 Å². The zero-order valence-electron chi connectivity index (χ0n) is 11.6. The number of carboxylic acids is 1. The molecule has 0 aromatic heterocycles. The Kier molecular flexibility index (Phi) is 4.57. The van der Waals surface area contributed by atoms with Crippen molar-refractivity contribution in [3.8, 4) is 5.75 Å². The summed E-state index contributed by atoms with van der Waals surface area (Å²) in [4.78, 5) is 24.3. The average molecular weight is 293 g/mol. The summed E-state index contributed by atoms with van der Waals surface area (Å²) in [5.74, 6) is -1.76. The molecule has 0 bridgehead atoms. The van der Waals surface area contributed by atoms with E-state index in [1.54, 1.807) is 6.07 Å². The minimum atomic E-state index is -0.996. The molecule has 0 spiro atoms. The van der Waals surface area contributed by atoms with E-state index in [9.17, 15) is 14.0 Å². The maximum Gasteiger partial charge on any atom is 0.326 e. The van der Waals surface area contributed by atoms with Gasteiger partial charge >= 0.3 is 5.97 Å². The second-order valence-corrected chi connectivity index (χ2v) is 4.76. The summed E-state index contributed by atoms with van der Waals surface area (Å²) in [6, 6.07) is 3.57. The highest BCUT2D eigenvalue weighted by molar-refractivity contribution is 5.94. The number of carbonyl (C=O) groups is 2. The van der Waals surface area contributed by atoms with Crippen LogP contribution in [0.4, 0.5) is 4.39 Å². The van der Waals surface area contributed by atoms with Gasteiger partial charge in [-0.3, -0.25) is 4.79 Å². The van der Waals surface area contributed by atoms with Crippen LogP contribution in [0.2, 0.25) is 0 Å². The summed E-state index contributed by atoms with van der Waals surface area (Å²) >= 11 is 0. The van der Waals surface area contributed by atoms with Crippen molar-refractivity contribution in [1.29, 1.82) is 0 Å². The van der Waals surface area contributed by atoms with E-state index < -0.39 is 17.8 Å². The second-order valence-electron chi connectivity index (χ2n) is 4.76. The van der Waals surface area contributed by atoms with Crippen molar-refractivity contribution >= 4 is 18.0 Å². The third-order valence-electron chi connectivity index (χ3n) is 3.42. The first kappa shape index (κ1) is 15.0. The van der Waals surface area contributed by atoms with Gasteiger partial charge in [-0.2, -0.15) is 0 Å². The number of aliphatic carboxylic acids is 1. The van der Waals surface area contributed by atoms with Gasteiger partial charge in [0.1, 0.15) is 6.04 Å². The van der Waals surface area contributed by atoms with E-state index >= 15 is 0 Å². The first-order chi connectivity index (χ1) is 10.0. The van der Waals surface area contributed by atoms with E-state index in [-0.39, 0.29) is 11.7 Å². The van der Waals surface area contributed by atoms with Crippen molar-refractivity contribution in [3.05, 3.63) is 35.7 Å². The van der Waals surface area contributed by atoms with E-state index in [0.29, 0.717) is 24.9 Å². The zero-order valence-corrected chi connectivity index (χ0v) is 11.6. The van der Waals surface area contributed by atoms with Gasteiger partial charge in [-0.25, -0.2) is 9.18 Å². The van der Waals surface area contributed by atoms with Gasteiger partial charge in [0.25, 0.3) is 0 Å². The molecule has 0 aliphatic carbocycles. The lowest BCUT2D eigenvalue weighted by Gasteiger charge is -2.19. The molecule has 1 aliphatic rings. The Labute approximate surface area is 121 Å². The van der Waals surface area contributed by atoms with Crippen LogP contribution >= 0.6 is 0 Å². The summed E-state index contributed by atoms with van der Waals surface area (Å²) < 4.78 is 18.3. The molecule has 1 amide bonds. The van der Waals surface area contributed by atoms with Gasteiger partial charge in [0.05, 0.1) is 7.11 Å². The molecular weight excluding hydrogens is 277 g/mol. The summed E-state index contributed by atoms with van der Waals surface area (Å²) in [5, 5.41) is 9.03. The fourth-order valence-electron chi connectivity index (χ4n) is 2.34. The maximum absolute atomic E-state index is 13.5. The van der Waals surface area contributed by atoms with Crippen LogP contribution in [-0.2, 0) is 9.59 Å². The predicted octanol–water partition coefficient (Wildman–Crippen LogP) is 1.92. The molecular formula is C15H16FNO4. The average Bonchev–Trinajstić information content (AvgIpc) is 2.94. The van der Waals surface area contributed by atoms with Gasteiger partial charge in [-0.1, -0.05) is 6.07 Å². The Morgan fingerprint density at radius 2 is 2.24 bits per heavy atom. The van der Waals surface area contributed by atoms with Crippen LogP contribution in [0.3, 0.4) is 0 Å². The number of likely N-dealkylation sites (tertiary alicyclic amines) is 1. The number of methoxy groups -OCH3 is 1. The van der Waals surface area contributed by atoms with Crippen LogP contribution in [0.15, 0.2) is 24.3 Å². The molecule has 5 nitrogen and oxygen atoms in total. The molecule has 1 aromatic carbocycles. The van der Waals surface area contributed by atoms with Crippen molar-refractivity contribution in [2.45, 2.75) is 18.9 Å². The third kappa shape index (κ3) is 3.39. The van der Waals surface area contributed by atoms with Crippen molar-refractivity contribution < 1.29 is 23.8 Å². The largest absolute Gasteiger partial charge is 0.494 e. The van der Waals surface area contributed by atoms with E-state index in [1.807, 2.05) is 0 Å². The number of carboxylic acid groups (broad SMARTS) is 1. The highest BCUT2D eigenvalue weighted by atomic mass is 19.1. The molecule has 1 aromatic rings. The van der Waals surface area contributed by atoms with Crippen molar-refractivity contribution in [2.75, 3.05) is 13.7 Å². The minimum Gasteiger partial charge on any atom is -0.494 e. The Balaban J connectivity index is 2.08. The number of rotatable bonds is 4. The molecule has 1 N–H and O–H groups in total. The van der Waals surface area contributed by atoms with Crippen molar-refractivity contribution in [3.63, 3.8) is 0 Å². The van der Waals surface area contributed by atoms with Crippen molar-refractivity contribution in [2.24, 2.45) is 0 Å². The smallest absolute Gasteiger partial charge is 0.326 e. The molecule has 1 atom stereocenters. The van der Waals surface area contributed by atoms with E-state index in [1.165, 1.54) is 36.3 Å². The first-order valence-corrected chi connectivity index (χ1v) is 6.58. The molecule has 1 heterocycles. The van der Waals surface area contributed by atoms with Gasteiger partial charge in [0, 0.05) is 12.6 Å². The third-order valence-corrected chi connectivity index (χ3v) is 3.42. The van der Waals surface area contributed by atoms with Crippen molar-refractivity contribution in [1.82, 2.24) is 4.90 Å². The SMILES string of the molecule is COc1ccc(/C=C\C(=O)N2CCC[C@@H]2C(=O)O)cc1F. The highest BCUT2D eigenvalue weighted by Crippen LogP contribution is 2.20. The lowest BCUT2D eigenvalue weighted by molar-refractivity contribution is -0.146. The summed E-state index contributed by atoms with van der Waals surface area (Å²) in [7, 11) is 1.37. The Hall–Kier alpha value is -2.37. The molecule has 2 rings (SSSR count). The Morgan fingerprint density at radius 3 is 2.86 bits per heavy atom. The fraction of sp³-hybridized carbons (Fsp3) is 0.333.